The molecule has 136 valence electrons. The number of rotatable bonds is 5. The minimum Gasteiger partial charge on any atom is -0.495 e. The van der Waals surface area contributed by atoms with Gasteiger partial charge in [0, 0.05) is 32.3 Å². The molecule has 0 atom stereocenters. The summed E-state index contributed by atoms with van der Waals surface area (Å²) in [7, 11) is -2.24. The largest absolute Gasteiger partial charge is 0.495 e. The molecule has 25 heavy (non-hydrogen) atoms. The van der Waals surface area contributed by atoms with E-state index in [2.05, 4.69) is 0 Å². The van der Waals surface area contributed by atoms with Crippen molar-refractivity contribution in [2.75, 3.05) is 46.5 Å². The average molecular weight is 366 g/mol. The molecule has 0 radical (unpaired) electrons. The van der Waals surface area contributed by atoms with Crippen molar-refractivity contribution in [2.24, 2.45) is 0 Å². The zero-order chi connectivity index (χ0) is 17.9. The van der Waals surface area contributed by atoms with Gasteiger partial charge in [-0.3, -0.25) is 4.79 Å². The van der Waals surface area contributed by atoms with Gasteiger partial charge in [0.25, 0.3) is 0 Å². The van der Waals surface area contributed by atoms with Gasteiger partial charge in [0.15, 0.2) is 0 Å². The number of likely N-dealkylation sites (tertiary alicyclic amines) is 1. The van der Waals surface area contributed by atoms with Crippen molar-refractivity contribution in [1.82, 2.24) is 9.21 Å². The molecule has 2 fully saturated rings. The van der Waals surface area contributed by atoms with Gasteiger partial charge in [0.1, 0.15) is 10.6 Å². The Morgan fingerprint density at radius 2 is 1.92 bits per heavy atom. The lowest BCUT2D eigenvalue weighted by molar-refractivity contribution is -0.129. The third kappa shape index (κ3) is 3.86. The maximum absolute atomic E-state index is 12.9. The molecule has 0 N–H and O–H groups in total. The molecule has 0 bridgehead atoms. The molecule has 2 aliphatic rings. The van der Waals surface area contributed by atoms with Crippen molar-refractivity contribution < 1.29 is 22.7 Å². The highest BCUT2D eigenvalue weighted by atomic mass is 32.2. The molecule has 1 aromatic carbocycles. The molecule has 0 saturated carbocycles. The summed E-state index contributed by atoms with van der Waals surface area (Å²) in [6, 6.07) is 4.89. The van der Waals surface area contributed by atoms with E-state index in [4.69, 9.17) is 9.47 Å². The second-order valence-electron chi connectivity index (χ2n) is 5.94. The first-order chi connectivity index (χ1) is 12.0. The fourth-order valence-corrected chi connectivity index (χ4v) is 4.33. The number of carbonyl (C=O) groups excluding carboxylic acids is 1. The Hall–Kier alpha value is -1.90. The summed E-state index contributed by atoms with van der Waals surface area (Å²) in [5.41, 5.74) is 0.640. The van der Waals surface area contributed by atoms with Gasteiger partial charge < -0.3 is 14.4 Å². The summed E-state index contributed by atoms with van der Waals surface area (Å²) in [4.78, 5) is 13.8. The molecule has 2 aliphatic heterocycles. The number of hydrogen-bond donors (Lipinski definition) is 0. The topological polar surface area (TPSA) is 76.2 Å². The van der Waals surface area contributed by atoms with E-state index in [1.807, 2.05) is 0 Å². The molecule has 0 aliphatic carbocycles. The Morgan fingerprint density at radius 1 is 1.20 bits per heavy atom. The van der Waals surface area contributed by atoms with E-state index in [1.165, 1.54) is 17.5 Å². The Kier molecular flexibility index (Phi) is 5.41. The standard InChI is InChI=1S/C17H22N2O5S/c1-23-15-5-3-14(4-6-17(20)18-7-2-8-18)13-16(15)25(21,22)19-9-11-24-12-10-19/h3-6,13H,2,7-12H2,1H3/b6-4+. The van der Waals surface area contributed by atoms with Gasteiger partial charge in [-0.25, -0.2) is 8.42 Å². The number of hydrogen-bond acceptors (Lipinski definition) is 5. The Morgan fingerprint density at radius 3 is 2.52 bits per heavy atom. The van der Waals surface area contributed by atoms with Gasteiger partial charge in [0.2, 0.25) is 15.9 Å². The van der Waals surface area contributed by atoms with Crippen LogP contribution in [0.3, 0.4) is 0 Å². The summed E-state index contributed by atoms with van der Waals surface area (Å²) < 4.78 is 37.7. The van der Waals surface area contributed by atoms with Gasteiger partial charge in [-0.05, 0) is 30.2 Å². The number of benzene rings is 1. The molecule has 2 heterocycles. The maximum atomic E-state index is 12.9. The van der Waals surface area contributed by atoms with Crippen LogP contribution in [0.15, 0.2) is 29.2 Å². The zero-order valence-corrected chi connectivity index (χ0v) is 15.0. The Bertz CT molecular complexity index is 765. The second kappa shape index (κ2) is 7.55. The molecule has 0 aromatic heterocycles. The van der Waals surface area contributed by atoms with Crippen molar-refractivity contribution in [3.63, 3.8) is 0 Å². The molecule has 1 amide bonds. The lowest BCUT2D eigenvalue weighted by atomic mass is 10.1. The van der Waals surface area contributed by atoms with Crippen LogP contribution in [0.4, 0.5) is 0 Å². The molecule has 1 aromatic rings. The molecular formula is C17H22N2O5S. The highest BCUT2D eigenvalue weighted by molar-refractivity contribution is 7.89. The molecule has 3 rings (SSSR count). The zero-order valence-electron chi connectivity index (χ0n) is 14.2. The predicted molar refractivity (Wildman–Crippen MR) is 92.8 cm³/mol. The second-order valence-corrected chi connectivity index (χ2v) is 7.85. The normalized spacial score (nSPS) is 19.0. The summed E-state index contributed by atoms with van der Waals surface area (Å²) in [5, 5.41) is 0. The van der Waals surface area contributed by atoms with Crippen LogP contribution in [0.5, 0.6) is 5.75 Å². The number of carbonyl (C=O) groups is 1. The smallest absolute Gasteiger partial charge is 0.246 e. The van der Waals surface area contributed by atoms with E-state index in [1.54, 1.807) is 29.2 Å². The van der Waals surface area contributed by atoms with E-state index >= 15 is 0 Å². The minimum absolute atomic E-state index is 0.0559. The highest BCUT2D eigenvalue weighted by Crippen LogP contribution is 2.29. The van der Waals surface area contributed by atoms with Crippen molar-refractivity contribution >= 4 is 22.0 Å². The van der Waals surface area contributed by atoms with Crippen LogP contribution < -0.4 is 4.74 Å². The lowest BCUT2D eigenvalue weighted by Crippen LogP contribution is -2.41. The van der Waals surface area contributed by atoms with Crippen LogP contribution in [0, 0.1) is 0 Å². The van der Waals surface area contributed by atoms with Gasteiger partial charge in [-0.15, -0.1) is 0 Å². The first-order valence-electron chi connectivity index (χ1n) is 8.25. The fourth-order valence-electron chi connectivity index (χ4n) is 2.73. The third-order valence-corrected chi connectivity index (χ3v) is 6.28. The van der Waals surface area contributed by atoms with Crippen molar-refractivity contribution in [3.05, 3.63) is 29.8 Å². The van der Waals surface area contributed by atoms with Gasteiger partial charge >= 0.3 is 0 Å². The van der Waals surface area contributed by atoms with E-state index in [9.17, 15) is 13.2 Å². The molecular weight excluding hydrogens is 344 g/mol. The lowest BCUT2D eigenvalue weighted by Gasteiger charge is -2.29. The van der Waals surface area contributed by atoms with Crippen LogP contribution in [0.2, 0.25) is 0 Å². The monoisotopic (exact) mass is 366 g/mol. The molecule has 0 unspecified atom stereocenters. The van der Waals surface area contributed by atoms with Gasteiger partial charge in [0.05, 0.1) is 20.3 Å². The van der Waals surface area contributed by atoms with E-state index < -0.39 is 10.0 Å². The van der Waals surface area contributed by atoms with Crippen LogP contribution >= 0.6 is 0 Å². The van der Waals surface area contributed by atoms with Crippen molar-refractivity contribution in [2.45, 2.75) is 11.3 Å². The quantitative estimate of drug-likeness (QED) is 0.726. The van der Waals surface area contributed by atoms with Gasteiger partial charge in [-0.2, -0.15) is 4.31 Å². The third-order valence-electron chi connectivity index (χ3n) is 4.36. The maximum Gasteiger partial charge on any atom is 0.246 e. The minimum atomic E-state index is -3.68. The van der Waals surface area contributed by atoms with Gasteiger partial charge in [-0.1, -0.05) is 6.07 Å². The average Bonchev–Trinajstić information content (AvgIpc) is 2.59. The SMILES string of the molecule is COc1ccc(/C=C/C(=O)N2CCC2)cc1S(=O)(=O)N1CCOCC1. The number of nitrogens with zero attached hydrogens (tertiary/aromatic N) is 2. The van der Waals surface area contributed by atoms with E-state index in [0.717, 1.165) is 19.5 Å². The number of sulfonamides is 1. The summed E-state index contributed by atoms with van der Waals surface area (Å²) in [6.45, 7) is 2.96. The fraction of sp³-hybridized carbons (Fsp3) is 0.471. The summed E-state index contributed by atoms with van der Waals surface area (Å²) >= 11 is 0. The number of methoxy groups -OCH3 is 1. The first kappa shape index (κ1) is 17.9. The number of amides is 1. The molecule has 8 heteroatoms. The van der Waals surface area contributed by atoms with E-state index in [-0.39, 0.29) is 16.6 Å². The summed E-state index contributed by atoms with van der Waals surface area (Å²) in [6.07, 6.45) is 4.15. The van der Waals surface area contributed by atoms with E-state index in [0.29, 0.717) is 31.9 Å². The van der Waals surface area contributed by atoms with Crippen LogP contribution in [-0.2, 0) is 19.6 Å². The first-order valence-corrected chi connectivity index (χ1v) is 9.69. The van der Waals surface area contributed by atoms with Crippen LogP contribution in [-0.4, -0.2) is 70.0 Å². The van der Waals surface area contributed by atoms with Crippen molar-refractivity contribution in [1.29, 1.82) is 0 Å². The number of morpholine rings is 1. The Balaban J connectivity index is 1.86. The highest BCUT2D eigenvalue weighted by Gasteiger charge is 2.29. The molecule has 7 nitrogen and oxygen atoms in total. The summed E-state index contributed by atoms with van der Waals surface area (Å²) in [5.74, 6) is 0.234. The molecule has 0 spiro atoms. The number of ether oxygens (including phenoxy) is 2. The van der Waals surface area contributed by atoms with Crippen LogP contribution in [0.1, 0.15) is 12.0 Å². The van der Waals surface area contributed by atoms with Crippen LogP contribution in [0.25, 0.3) is 6.08 Å². The van der Waals surface area contributed by atoms with Crippen molar-refractivity contribution in [3.8, 4) is 5.75 Å². The Labute approximate surface area is 147 Å². The molecule has 2 saturated heterocycles. The predicted octanol–water partition coefficient (Wildman–Crippen LogP) is 0.962.